The topological polar surface area (TPSA) is 110 Å². The Morgan fingerprint density at radius 3 is 2.42 bits per heavy atom. The zero-order valence-electron chi connectivity index (χ0n) is 12.9. The fourth-order valence-electron chi connectivity index (χ4n) is 2.04. The summed E-state index contributed by atoms with van der Waals surface area (Å²) in [6.07, 6.45) is 0. The normalized spacial score (nSPS) is 10.9. The number of hydrogen-bond acceptors (Lipinski definition) is 5. The van der Waals surface area contributed by atoms with Gasteiger partial charge in [0.15, 0.2) is 5.78 Å². The molecule has 0 amide bonds. The molecule has 0 aliphatic heterocycles. The van der Waals surface area contributed by atoms with Crippen molar-refractivity contribution in [3.63, 3.8) is 0 Å². The Morgan fingerprint density at radius 2 is 1.83 bits per heavy atom. The molecule has 0 aromatic heterocycles. The molecule has 0 saturated heterocycles. The molecule has 2 N–H and O–H groups in total. The number of hydrogen-bond donors (Lipinski definition) is 2. The van der Waals surface area contributed by atoms with Gasteiger partial charge in [0.1, 0.15) is 11.3 Å². The lowest BCUT2D eigenvalue weighted by molar-refractivity contribution is 0.0692. The van der Waals surface area contributed by atoms with Crippen molar-refractivity contribution in [1.29, 1.82) is 0 Å². The predicted molar refractivity (Wildman–Crippen MR) is 87.2 cm³/mol. The predicted octanol–water partition coefficient (Wildman–Crippen LogP) is 2.40. The number of sulfonamides is 1. The summed E-state index contributed by atoms with van der Waals surface area (Å²) in [7, 11) is -2.72. The van der Waals surface area contributed by atoms with Gasteiger partial charge >= 0.3 is 5.97 Å². The molecule has 0 radical (unpaired) electrons. The van der Waals surface area contributed by atoms with Crippen molar-refractivity contribution < 1.29 is 27.9 Å². The first kappa shape index (κ1) is 17.5. The maximum atomic E-state index is 12.4. The molecular formula is C16H15NO6S. The van der Waals surface area contributed by atoms with E-state index in [2.05, 4.69) is 4.72 Å². The van der Waals surface area contributed by atoms with Gasteiger partial charge in [0.25, 0.3) is 10.0 Å². The molecule has 0 saturated carbocycles. The van der Waals surface area contributed by atoms with Crippen LogP contribution in [0, 0.1) is 0 Å². The maximum Gasteiger partial charge on any atom is 0.339 e. The molecule has 2 rings (SSSR count). The first-order valence-corrected chi connectivity index (χ1v) is 8.28. The molecule has 7 nitrogen and oxygen atoms in total. The Morgan fingerprint density at radius 1 is 1.12 bits per heavy atom. The van der Waals surface area contributed by atoms with Gasteiger partial charge in [-0.05, 0) is 37.3 Å². The molecule has 8 heteroatoms. The summed E-state index contributed by atoms with van der Waals surface area (Å²) >= 11 is 0. The number of carboxylic acid groups (broad SMARTS) is 1. The average molecular weight is 349 g/mol. The molecule has 0 spiro atoms. The number of ketones is 1. The number of carboxylic acids is 1. The van der Waals surface area contributed by atoms with Gasteiger partial charge in [-0.2, -0.15) is 0 Å². The van der Waals surface area contributed by atoms with E-state index in [4.69, 9.17) is 9.84 Å². The van der Waals surface area contributed by atoms with E-state index in [-0.39, 0.29) is 27.7 Å². The summed E-state index contributed by atoms with van der Waals surface area (Å²) in [6.45, 7) is 1.37. The van der Waals surface area contributed by atoms with E-state index in [0.29, 0.717) is 5.56 Å². The number of Topliss-reactive ketones (excluding diaryl/α,β-unsaturated/α-hetero) is 1. The summed E-state index contributed by atoms with van der Waals surface area (Å²) in [4.78, 5) is 22.3. The minimum Gasteiger partial charge on any atom is -0.496 e. The second-order valence-electron chi connectivity index (χ2n) is 4.91. The van der Waals surface area contributed by atoms with E-state index < -0.39 is 16.0 Å². The molecule has 2 aromatic rings. The number of ether oxygens (including phenoxy) is 1. The monoisotopic (exact) mass is 349 g/mol. The minimum atomic E-state index is -4.02. The Labute approximate surface area is 138 Å². The molecule has 0 heterocycles. The number of benzene rings is 2. The summed E-state index contributed by atoms with van der Waals surface area (Å²) in [5, 5.41) is 9.14. The second kappa shape index (κ2) is 6.71. The van der Waals surface area contributed by atoms with Crippen LogP contribution >= 0.6 is 0 Å². The standard InChI is InChI=1S/C16H15NO6S/c1-10(18)11-4-3-5-12(8-11)17-24(21,22)13-6-7-15(23-2)14(9-13)16(19)20/h3-9,17H,1-2H3,(H,19,20). The van der Waals surface area contributed by atoms with Gasteiger partial charge in [0.2, 0.25) is 0 Å². The third-order valence-electron chi connectivity index (χ3n) is 3.23. The molecule has 24 heavy (non-hydrogen) atoms. The van der Waals surface area contributed by atoms with Crippen molar-refractivity contribution in [3.05, 3.63) is 53.6 Å². The highest BCUT2D eigenvalue weighted by Crippen LogP contribution is 2.24. The summed E-state index contributed by atoms with van der Waals surface area (Å²) in [5.74, 6) is -1.45. The number of aromatic carboxylic acids is 1. The molecule has 0 unspecified atom stereocenters. The van der Waals surface area contributed by atoms with Gasteiger partial charge in [-0.25, -0.2) is 13.2 Å². The van der Waals surface area contributed by atoms with Crippen molar-refractivity contribution in [3.8, 4) is 5.75 Å². The van der Waals surface area contributed by atoms with Crippen LogP contribution in [0.5, 0.6) is 5.75 Å². The number of rotatable bonds is 6. The molecular weight excluding hydrogens is 334 g/mol. The Bertz CT molecular complexity index is 905. The zero-order valence-corrected chi connectivity index (χ0v) is 13.8. The lowest BCUT2D eigenvalue weighted by atomic mass is 10.1. The Balaban J connectivity index is 2.41. The molecule has 0 aliphatic rings. The highest BCUT2D eigenvalue weighted by molar-refractivity contribution is 7.92. The molecule has 2 aromatic carbocycles. The molecule has 0 atom stereocenters. The number of carbonyl (C=O) groups excluding carboxylic acids is 1. The SMILES string of the molecule is COc1ccc(S(=O)(=O)Nc2cccc(C(C)=O)c2)cc1C(=O)O. The van der Waals surface area contributed by atoms with E-state index in [1.807, 2.05) is 0 Å². The van der Waals surface area contributed by atoms with Gasteiger partial charge in [-0.3, -0.25) is 9.52 Å². The van der Waals surface area contributed by atoms with Crippen LogP contribution in [0.1, 0.15) is 27.6 Å². The number of carbonyl (C=O) groups is 2. The maximum absolute atomic E-state index is 12.4. The van der Waals surface area contributed by atoms with E-state index in [1.54, 1.807) is 12.1 Å². The van der Waals surface area contributed by atoms with Crippen molar-refractivity contribution in [2.24, 2.45) is 0 Å². The fraction of sp³-hybridized carbons (Fsp3) is 0.125. The van der Waals surface area contributed by atoms with E-state index in [9.17, 15) is 18.0 Å². The van der Waals surface area contributed by atoms with Crippen LogP contribution in [0.3, 0.4) is 0 Å². The number of nitrogens with one attached hydrogen (secondary N) is 1. The highest BCUT2D eigenvalue weighted by atomic mass is 32.2. The van der Waals surface area contributed by atoms with Gasteiger partial charge in [0, 0.05) is 11.3 Å². The van der Waals surface area contributed by atoms with Crippen molar-refractivity contribution in [2.75, 3.05) is 11.8 Å². The van der Waals surface area contributed by atoms with E-state index in [1.165, 1.54) is 38.3 Å². The van der Waals surface area contributed by atoms with Gasteiger partial charge < -0.3 is 9.84 Å². The zero-order chi connectivity index (χ0) is 17.9. The Hall–Kier alpha value is -2.87. The molecule has 0 fully saturated rings. The number of anilines is 1. The molecule has 0 aliphatic carbocycles. The second-order valence-corrected chi connectivity index (χ2v) is 6.59. The first-order valence-electron chi connectivity index (χ1n) is 6.80. The summed E-state index contributed by atoms with van der Waals surface area (Å²) in [6, 6.07) is 9.53. The first-order chi connectivity index (χ1) is 11.2. The van der Waals surface area contributed by atoms with Crippen LogP contribution in [0.2, 0.25) is 0 Å². The van der Waals surface area contributed by atoms with Crippen LogP contribution < -0.4 is 9.46 Å². The van der Waals surface area contributed by atoms with E-state index in [0.717, 1.165) is 6.07 Å². The average Bonchev–Trinajstić information content (AvgIpc) is 2.53. The van der Waals surface area contributed by atoms with Crippen molar-refractivity contribution in [1.82, 2.24) is 0 Å². The van der Waals surface area contributed by atoms with Crippen LogP contribution in [0.25, 0.3) is 0 Å². The van der Waals surface area contributed by atoms with Crippen LogP contribution in [-0.2, 0) is 10.0 Å². The Kier molecular flexibility index (Phi) is 4.89. The van der Waals surface area contributed by atoms with Gasteiger partial charge in [-0.1, -0.05) is 12.1 Å². The minimum absolute atomic E-state index is 0.0556. The lowest BCUT2D eigenvalue weighted by Crippen LogP contribution is -2.14. The number of methoxy groups -OCH3 is 1. The smallest absolute Gasteiger partial charge is 0.339 e. The highest BCUT2D eigenvalue weighted by Gasteiger charge is 2.19. The third kappa shape index (κ3) is 3.72. The lowest BCUT2D eigenvalue weighted by Gasteiger charge is -2.11. The fourth-order valence-corrected chi connectivity index (χ4v) is 3.11. The van der Waals surface area contributed by atoms with Crippen LogP contribution in [0.4, 0.5) is 5.69 Å². The third-order valence-corrected chi connectivity index (χ3v) is 4.61. The van der Waals surface area contributed by atoms with Gasteiger partial charge in [0.05, 0.1) is 12.0 Å². The molecule has 126 valence electrons. The van der Waals surface area contributed by atoms with Crippen LogP contribution in [0.15, 0.2) is 47.4 Å². The van der Waals surface area contributed by atoms with Crippen molar-refractivity contribution in [2.45, 2.75) is 11.8 Å². The van der Waals surface area contributed by atoms with Crippen molar-refractivity contribution >= 4 is 27.5 Å². The quantitative estimate of drug-likeness (QED) is 0.775. The largest absolute Gasteiger partial charge is 0.496 e. The van der Waals surface area contributed by atoms with Gasteiger partial charge in [-0.15, -0.1) is 0 Å². The van der Waals surface area contributed by atoms with E-state index >= 15 is 0 Å². The summed E-state index contributed by atoms with van der Waals surface area (Å²) < 4.78 is 32.1. The summed E-state index contributed by atoms with van der Waals surface area (Å²) in [5.41, 5.74) is 0.296. The molecule has 0 bridgehead atoms. The van der Waals surface area contributed by atoms with Crippen LogP contribution in [-0.4, -0.2) is 32.4 Å².